The first-order valence-corrected chi connectivity index (χ1v) is 13.0. The van der Waals surface area contributed by atoms with E-state index < -0.39 is 0 Å². The van der Waals surface area contributed by atoms with Crippen molar-refractivity contribution in [2.45, 2.75) is 19.3 Å². The van der Waals surface area contributed by atoms with Gasteiger partial charge in [0.15, 0.2) is 0 Å². The molecule has 0 saturated carbocycles. The summed E-state index contributed by atoms with van der Waals surface area (Å²) in [5, 5.41) is 3.06. The fraction of sp³-hybridized carbons (Fsp3) is 0.500. The first-order chi connectivity index (χ1) is 17.6. The van der Waals surface area contributed by atoms with Crippen LogP contribution in [0.5, 0.6) is 5.75 Å². The molecule has 8 heteroatoms. The molecule has 2 aromatic carbocycles. The average Bonchev–Trinajstić information content (AvgIpc) is 2.93. The Bertz CT molecular complexity index is 1060. The predicted molar refractivity (Wildman–Crippen MR) is 138 cm³/mol. The zero-order chi connectivity index (χ0) is 24.9. The highest BCUT2D eigenvalue weighted by Gasteiger charge is 2.27. The molecular weight excluding hydrogens is 456 g/mol. The number of fused-ring (bicyclic) bond motifs is 1. The Balaban J connectivity index is 1.18. The molecule has 2 aliphatic heterocycles. The molecule has 2 aromatic rings. The van der Waals surface area contributed by atoms with Crippen molar-refractivity contribution >= 4 is 17.5 Å². The number of nitrogens with zero attached hydrogens (tertiary/aromatic N) is 3. The lowest BCUT2D eigenvalue weighted by Gasteiger charge is -2.32. The minimum Gasteiger partial charge on any atom is -0.478 e. The van der Waals surface area contributed by atoms with E-state index in [1.807, 2.05) is 18.2 Å². The van der Waals surface area contributed by atoms with Gasteiger partial charge < -0.3 is 24.6 Å². The second-order valence-corrected chi connectivity index (χ2v) is 10.00. The first-order valence-electron chi connectivity index (χ1n) is 13.0. The number of carbonyl (C=O) groups is 2. The number of carbonyl (C=O) groups excluding carboxylic acids is 2. The summed E-state index contributed by atoms with van der Waals surface area (Å²) in [4.78, 5) is 32.3. The van der Waals surface area contributed by atoms with Gasteiger partial charge in [-0.25, -0.2) is 0 Å². The summed E-state index contributed by atoms with van der Waals surface area (Å²) in [5.41, 5.74) is 3.78. The molecule has 0 aromatic heterocycles. The molecule has 8 nitrogen and oxygen atoms in total. The van der Waals surface area contributed by atoms with Crippen LogP contribution < -0.4 is 10.1 Å². The van der Waals surface area contributed by atoms with Crippen LogP contribution in [0.4, 0.5) is 5.69 Å². The zero-order valence-corrected chi connectivity index (χ0v) is 21.1. The molecule has 36 heavy (non-hydrogen) atoms. The number of aryl methyl sites for hydroxylation is 1. The van der Waals surface area contributed by atoms with Crippen LogP contribution in [0.3, 0.4) is 0 Å². The molecule has 5 rings (SSSR count). The topological polar surface area (TPSA) is 74.4 Å². The Kier molecular flexibility index (Phi) is 7.84. The van der Waals surface area contributed by atoms with Gasteiger partial charge in [0.2, 0.25) is 5.91 Å². The number of rotatable bonds is 6. The summed E-state index contributed by atoms with van der Waals surface area (Å²) >= 11 is 0. The summed E-state index contributed by atoms with van der Waals surface area (Å²) < 4.78 is 11.6. The van der Waals surface area contributed by atoms with Gasteiger partial charge in [-0.15, -0.1) is 0 Å². The summed E-state index contributed by atoms with van der Waals surface area (Å²) in [5.74, 6) is 0.807. The van der Waals surface area contributed by atoms with Crippen molar-refractivity contribution in [1.29, 1.82) is 0 Å². The molecule has 0 spiro atoms. The van der Waals surface area contributed by atoms with E-state index in [4.69, 9.17) is 9.47 Å². The van der Waals surface area contributed by atoms with Gasteiger partial charge in [0.1, 0.15) is 12.5 Å². The van der Waals surface area contributed by atoms with E-state index in [9.17, 15) is 9.59 Å². The van der Waals surface area contributed by atoms with E-state index in [0.29, 0.717) is 50.7 Å². The Hall–Kier alpha value is -2.94. The quantitative estimate of drug-likeness (QED) is 0.668. The molecule has 2 saturated heterocycles. The van der Waals surface area contributed by atoms with Crippen LogP contribution >= 0.6 is 0 Å². The minimum absolute atomic E-state index is 0.00386. The van der Waals surface area contributed by atoms with Gasteiger partial charge in [-0.2, -0.15) is 0 Å². The van der Waals surface area contributed by atoms with Crippen molar-refractivity contribution in [2.75, 3.05) is 71.6 Å². The number of hydrogen-bond donors (Lipinski definition) is 1. The van der Waals surface area contributed by atoms with Crippen molar-refractivity contribution in [3.05, 3.63) is 59.2 Å². The molecule has 2 amide bonds. The molecule has 2 heterocycles. The second kappa shape index (κ2) is 11.4. The van der Waals surface area contributed by atoms with Crippen LogP contribution in [-0.2, 0) is 22.4 Å². The maximum Gasteiger partial charge on any atom is 0.254 e. The van der Waals surface area contributed by atoms with Gasteiger partial charge in [0.25, 0.3) is 5.91 Å². The van der Waals surface area contributed by atoms with Gasteiger partial charge >= 0.3 is 0 Å². The molecule has 0 bridgehead atoms. The molecule has 1 aliphatic carbocycles. The molecule has 0 radical (unpaired) electrons. The fourth-order valence-electron chi connectivity index (χ4n) is 5.14. The first kappa shape index (κ1) is 24.7. The van der Waals surface area contributed by atoms with Crippen LogP contribution in [0.15, 0.2) is 42.5 Å². The van der Waals surface area contributed by atoms with Crippen molar-refractivity contribution in [3.8, 4) is 5.75 Å². The summed E-state index contributed by atoms with van der Waals surface area (Å²) in [6.07, 6.45) is 2.36. The van der Waals surface area contributed by atoms with Gasteiger partial charge in [-0.3, -0.25) is 14.5 Å². The number of piperazine rings is 1. The molecule has 192 valence electrons. The van der Waals surface area contributed by atoms with Crippen LogP contribution in [0.25, 0.3) is 0 Å². The number of ether oxygens (including phenoxy) is 2. The molecule has 1 unspecified atom stereocenters. The van der Waals surface area contributed by atoms with Crippen molar-refractivity contribution in [3.63, 3.8) is 0 Å². The van der Waals surface area contributed by atoms with E-state index in [1.54, 1.807) is 17.0 Å². The number of morpholine rings is 1. The van der Waals surface area contributed by atoms with Crippen LogP contribution in [0.2, 0.25) is 0 Å². The molecule has 1 N–H and O–H groups in total. The summed E-state index contributed by atoms with van der Waals surface area (Å²) in [6, 6.07) is 13.4. The third kappa shape index (κ3) is 5.88. The molecule has 2 fully saturated rings. The standard InChI is InChI=1S/C28H36N4O4/c1-30-11-13-31(14-12-30)20-36-26-4-2-3-21-5-6-23(19-25(21)26)27(33)29-24-9-7-22(8-10-24)28(34)32-15-17-35-18-16-32/h2-4,7-10,23H,5-6,11-20H2,1H3,(H,29,33). The van der Waals surface area contributed by atoms with Gasteiger partial charge in [-0.1, -0.05) is 12.1 Å². The highest BCUT2D eigenvalue weighted by molar-refractivity contribution is 5.96. The number of hydrogen-bond acceptors (Lipinski definition) is 6. The number of nitrogens with one attached hydrogen (secondary N) is 1. The monoisotopic (exact) mass is 492 g/mol. The van der Waals surface area contributed by atoms with Crippen LogP contribution in [0, 0.1) is 5.92 Å². The lowest BCUT2D eigenvalue weighted by atomic mass is 9.83. The number of likely N-dealkylation sites (N-methyl/N-ethyl adjacent to an activating group) is 1. The van der Waals surface area contributed by atoms with Crippen molar-refractivity contribution in [1.82, 2.24) is 14.7 Å². The summed E-state index contributed by atoms with van der Waals surface area (Å²) in [6.45, 7) is 7.09. The van der Waals surface area contributed by atoms with E-state index in [2.05, 4.69) is 34.3 Å². The van der Waals surface area contributed by atoms with Crippen LogP contribution in [-0.4, -0.2) is 92.8 Å². The average molecular weight is 493 g/mol. The molecular formula is C28H36N4O4. The smallest absolute Gasteiger partial charge is 0.254 e. The van der Waals surface area contributed by atoms with E-state index in [1.165, 1.54) is 5.56 Å². The third-order valence-electron chi connectivity index (χ3n) is 7.51. The second-order valence-electron chi connectivity index (χ2n) is 10.00. The normalized spacial score (nSPS) is 21.0. The van der Waals surface area contributed by atoms with Crippen molar-refractivity contribution in [2.24, 2.45) is 5.92 Å². The third-order valence-corrected chi connectivity index (χ3v) is 7.51. The number of anilines is 1. The van der Waals surface area contributed by atoms with E-state index in [-0.39, 0.29) is 17.7 Å². The predicted octanol–water partition coefficient (Wildman–Crippen LogP) is 2.49. The largest absolute Gasteiger partial charge is 0.478 e. The van der Waals surface area contributed by atoms with E-state index >= 15 is 0 Å². The van der Waals surface area contributed by atoms with Gasteiger partial charge in [0, 0.05) is 56.4 Å². The Morgan fingerprint density at radius 3 is 2.50 bits per heavy atom. The lowest BCUT2D eigenvalue weighted by Crippen LogP contribution is -2.45. The zero-order valence-electron chi connectivity index (χ0n) is 21.1. The minimum atomic E-state index is -0.111. The summed E-state index contributed by atoms with van der Waals surface area (Å²) in [7, 11) is 2.15. The van der Waals surface area contributed by atoms with Crippen molar-refractivity contribution < 1.29 is 19.1 Å². The highest BCUT2D eigenvalue weighted by atomic mass is 16.5. The SMILES string of the molecule is CN1CCN(COc2cccc3c2CC(C(=O)Nc2ccc(C(=O)N4CCOCC4)cc2)CC3)CC1. The van der Waals surface area contributed by atoms with Gasteiger partial charge in [-0.05, 0) is 67.8 Å². The Morgan fingerprint density at radius 1 is 1.00 bits per heavy atom. The fourth-order valence-corrected chi connectivity index (χ4v) is 5.14. The molecule has 3 aliphatic rings. The number of benzene rings is 2. The lowest BCUT2D eigenvalue weighted by molar-refractivity contribution is -0.120. The maximum atomic E-state index is 13.1. The maximum absolute atomic E-state index is 13.1. The van der Waals surface area contributed by atoms with Gasteiger partial charge in [0.05, 0.1) is 13.2 Å². The van der Waals surface area contributed by atoms with Crippen LogP contribution in [0.1, 0.15) is 27.9 Å². The number of amides is 2. The molecule has 1 atom stereocenters. The van der Waals surface area contributed by atoms with E-state index in [0.717, 1.165) is 50.3 Å². The Labute approximate surface area is 213 Å². The Morgan fingerprint density at radius 2 is 1.75 bits per heavy atom. The highest BCUT2D eigenvalue weighted by Crippen LogP contribution is 2.33.